The zero-order chi connectivity index (χ0) is 13.2. The smallest absolute Gasteiger partial charge is 0.319 e. The van der Waals surface area contributed by atoms with Crippen LogP contribution in [0.2, 0.25) is 5.02 Å². The molecule has 2 amide bonds. The predicted molar refractivity (Wildman–Crippen MR) is 77.4 cm³/mol. The Morgan fingerprint density at radius 3 is 2.63 bits per heavy atom. The highest BCUT2D eigenvalue weighted by atomic mass is 35.5. The molecule has 2 saturated carbocycles. The Hall–Kier alpha value is -1.22. The van der Waals surface area contributed by atoms with Crippen molar-refractivity contribution in [1.29, 1.82) is 0 Å². The van der Waals surface area contributed by atoms with Gasteiger partial charge in [-0.25, -0.2) is 4.79 Å². The molecule has 0 unspecified atom stereocenters. The van der Waals surface area contributed by atoms with Gasteiger partial charge in [0.2, 0.25) is 0 Å². The minimum atomic E-state index is -0.120. The summed E-state index contributed by atoms with van der Waals surface area (Å²) in [6, 6.07) is 7.03. The second kappa shape index (κ2) is 5.41. The number of benzene rings is 1. The van der Waals surface area contributed by atoms with Crippen LogP contribution in [0.1, 0.15) is 25.7 Å². The van der Waals surface area contributed by atoms with Crippen molar-refractivity contribution in [3.8, 4) is 0 Å². The molecule has 3 nitrogen and oxygen atoms in total. The lowest BCUT2D eigenvalue weighted by Crippen LogP contribution is -2.34. The SMILES string of the molecule is O=C(NC[C@H]1C[C@H]2CC[C@H]1C2)Nc1ccc(Cl)cc1. The van der Waals surface area contributed by atoms with E-state index in [-0.39, 0.29) is 6.03 Å². The molecule has 3 rings (SSSR count). The molecule has 2 aliphatic rings. The summed E-state index contributed by atoms with van der Waals surface area (Å²) in [5.41, 5.74) is 0.773. The van der Waals surface area contributed by atoms with Crippen molar-refractivity contribution in [1.82, 2.24) is 5.32 Å². The molecule has 3 atom stereocenters. The Morgan fingerprint density at radius 1 is 1.21 bits per heavy atom. The van der Waals surface area contributed by atoms with Crippen LogP contribution in [-0.4, -0.2) is 12.6 Å². The van der Waals surface area contributed by atoms with E-state index in [4.69, 9.17) is 11.6 Å². The molecule has 2 aliphatic carbocycles. The second-order valence-corrected chi connectivity index (χ2v) is 6.21. The van der Waals surface area contributed by atoms with Crippen LogP contribution in [0.15, 0.2) is 24.3 Å². The van der Waals surface area contributed by atoms with Gasteiger partial charge in [-0.15, -0.1) is 0 Å². The quantitative estimate of drug-likeness (QED) is 0.865. The fraction of sp³-hybridized carbons (Fsp3) is 0.533. The van der Waals surface area contributed by atoms with E-state index in [1.165, 1.54) is 25.7 Å². The number of carbonyl (C=O) groups excluding carboxylic acids is 1. The first-order valence-corrected chi connectivity index (χ1v) is 7.39. The van der Waals surface area contributed by atoms with Crippen molar-refractivity contribution in [2.75, 3.05) is 11.9 Å². The first-order chi connectivity index (χ1) is 9.20. The van der Waals surface area contributed by atoms with Crippen LogP contribution in [-0.2, 0) is 0 Å². The summed E-state index contributed by atoms with van der Waals surface area (Å²) < 4.78 is 0. The number of carbonyl (C=O) groups is 1. The average molecular weight is 279 g/mol. The third-order valence-corrected chi connectivity index (χ3v) is 4.76. The van der Waals surface area contributed by atoms with E-state index in [2.05, 4.69) is 10.6 Å². The van der Waals surface area contributed by atoms with Crippen molar-refractivity contribution in [2.45, 2.75) is 25.7 Å². The third kappa shape index (κ3) is 3.03. The first kappa shape index (κ1) is 12.8. The molecule has 1 aromatic rings. The number of halogens is 1. The standard InChI is InChI=1S/C15H19ClN2O/c16-13-3-5-14(6-4-13)18-15(19)17-9-12-8-10-1-2-11(12)7-10/h3-6,10-12H,1-2,7-9H2,(H2,17,18,19)/t10-,11-,12+/m0/s1. The topological polar surface area (TPSA) is 41.1 Å². The van der Waals surface area contributed by atoms with Gasteiger partial charge in [0.05, 0.1) is 0 Å². The van der Waals surface area contributed by atoms with E-state index < -0.39 is 0 Å². The van der Waals surface area contributed by atoms with Crippen molar-refractivity contribution in [3.05, 3.63) is 29.3 Å². The first-order valence-electron chi connectivity index (χ1n) is 7.01. The lowest BCUT2D eigenvalue weighted by atomic mass is 9.89. The van der Waals surface area contributed by atoms with Gasteiger partial charge in [-0.05, 0) is 61.3 Å². The lowest BCUT2D eigenvalue weighted by Gasteiger charge is -2.21. The van der Waals surface area contributed by atoms with Gasteiger partial charge in [-0.2, -0.15) is 0 Å². The molecule has 1 aromatic carbocycles. The molecule has 0 heterocycles. The molecular formula is C15H19ClN2O. The van der Waals surface area contributed by atoms with Gasteiger partial charge in [-0.3, -0.25) is 0 Å². The molecule has 0 aliphatic heterocycles. The number of amides is 2. The number of hydrogen-bond donors (Lipinski definition) is 2. The van der Waals surface area contributed by atoms with Gasteiger partial charge >= 0.3 is 6.03 Å². The molecule has 0 saturated heterocycles. The summed E-state index contributed by atoms with van der Waals surface area (Å²) in [6.07, 6.45) is 5.44. The van der Waals surface area contributed by atoms with Gasteiger partial charge in [0.1, 0.15) is 0 Å². The molecule has 2 N–H and O–H groups in total. The highest BCUT2D eigenvalue weighted by Gasteiger charge is 2.39. The number of rotatable bonds is 3. The largest absolute Gasteiger partial charge is 0.338 e. The van der Waals surface area contributed by atoms with Gasteiger partial charge in [0, 0.05) is 17.3 Å². The Kier molecular flexibility index (Phi) is 3.65. The van der Waals surface area contributed by atoms with E-state index >= 15 is 0 Å². The monoisotopic (exact) mass is 278 g/mol. The van der Waals surface area contributed by atoms with E-state index in [9.17, 15) is 4.79 Å². The molecule has 0 aromatic heterocycles. The number of hydrogen-bond acceptors (Lipinski definition) is 1. The summed E-state index contributed by atoms with van der Waals surface area (Å²) in [7, 11) is 0. The zero-order valence-corrected chi connectivity index (χ0v) is 11.6. The fourth-order valence-electron chi connectivity index (χ4n) is 3.56. The molecule has 4 heteroatoms. The van der Waals surface area contributed by atoms with E-state index in [1.54, 1.807) is 24.3 Å². The molecular weight excluding hydrogens is 260 g/mol. The number of urea groups is 1. The second-order valence-electron chi connectivity index (χ2n) is 5.78. The van der Waals surface area contributed by atoms with Crippen LogP contribution >= 0.6 is 11.6 Å². The summed E-state index contributed by atoms with van der Waals surface area (Å²) in [5.74, 6) is 2.46. The van der Waals surface area contributed by atoms with Crippen LogP contribution in [0.25, 0.3) is 0 Å². The molecule has 0 spiro atoms. The van der Waals surface area contributed by atoms with Crippen molar-refractivity contribution in [2.24, 2.45) is 17.8 Å². The third-order valence-electron chi connectivity index (χ3n) is 4.51. The minimum absolute atomic E-state index is 0.120. The Labute approximate surface area is 118 Å². The molecule has 2 bridgehead atoms. The summed E-state index contributed by atoms with van der Waals surface area (Å²) in [5, 5.41) is 6.49. The summed E-state index contributed by atoms with van der Waals surface area (Å²) >= 11 is 5.80. The number of nitrogens with one attached hydrogen (secondary N) is 2. The Morgan fingerprint density at radius 2 is 2.00 bits per heavy atom. The Bertz CT molecular complexity index is 460. The average Bonchev–Trinajstić information content (AvgIpc) is 3.01. The highest BCUT2D eigenvalue weighted by Crippen LogP contribution is 2.47. The van der Waals surface area contributed by atoms with Gasteiger partial charge in [0.25, 0.3) is 0 Å². The molecule has 19 heavy (non-hydrogen) atoms. The van der Waals surface area contributed by atoms with Crippen molar-refractivity contribution in [3.63, 3.8) is 0 Å². The molecule has 102 valence electrons. The fourth-order valence-corrected chi connectivity index (χ4v) is 3.68. The van der Waals surface area contributed by atoms with Crippen LogP contribution < -0.4 is 10.6 Å². The predicted octanol–water partition coefficient (Wildman–Crippen LogP) is 3.90. The maximum absolute atomic E-state index is 11.8. The maximum atomic E-state index is 11.8. The number of anilines is 1. The van der Waals surface area contributed by atoms with E-state index in [1.807, 2.05) is 0 Å². The Balaban J connectivity index is 1.45. The lowest BCUT2D eigenvalue weighted by molar-refractivity contribution is 0.245. The van der Waals surface area contributed by atoms with Crippen LogP contribution in [0.4, 0.5) is 10.5 Å². The summed E-state index contributed by atoms with van der Waals surface area (Å²) in [6.45, 7) is 0.806. The van der Waals surface area contributed by atoms with Gasteiger partial charge in [0.15, 0.2) is 0 Å². The highest BCUT2D eigenvalue weighted by molar-refractivity contribution is 6.30. The molecule has 2 fully saturated rings. The zero-order valence-electron chi connectivity index (χ0n) is 10.9. The van der Waals surface area contributed by atoms with Gasteiger partial charge < -0.3 is 10.6 Å². The maximum Gasteiger partial charge on any atom is 0.319 e. The van der Waals surface area contributed by atoms with Crippen LogP contribution in [0.5, 0.6) is 0 Å². The normalized spacial score (nSPS) is 28.4. The van der Waals surface area contributed by atoms with Crippen molar-refractivity contribution >= 4 is 23.3 Å². The van der Waals surface area contributed by atoms with Crippen molar-refractivity contribution < 1.29 is 4.79 Å². The van der Waals surface area contributed by atoms with Crippen LogP contribution in [0.3, 0.4) is 0 Å². The van der Waals surface area contributed by atoms with E-state index in [0.29, 0.717) is 10.9 Å². The van der Waals surface area contributed by atoms with Crippen LogP contribution in [0, 0.1) is 17.8 Å². The number of fused-ring (bicyclic) bond motifs is 2. The molecule has 0 radical (unpaired) electrons. The summed E-state index contributed by atoms with van der Waals surface area (Å²) in [4.78, 5) is 11.8. The minimum Gasteiger partial charge on any atom is -0.338 e. The van der Waals surface area contributed by atoms with Gasteiger partial charge in [-0.1, -0.05) is 18.0 Å². The van der Waals surface area contributed by atoms with E-state index in [0.717, 1.165) is 24.1 Å².